The maximum absolute atomic E-state index is 11.9. The molecule has 0 spiro atoms. The number of carbonyl (C=O) groups excluding carboxylic acids is 1. The number of ether oxygens (including phenoxy) is 1. The lowest BCUT2D eigenvalue weighted by atomic mass is 10.1. The second-order valence-electron chi connectivity index (χ2n) is 5.60. The van der Waals surface area contributed by atoms with E-state index in [1.165, 1.54) is 25.7 Å². The zero-order valence-electron chi connectivity index (χ0n) is 12.6. The molecule has 1 aromatic rings. The number of carbonyl (C=O) groups is 1. The topological polar surface area (TPSA) is 71.5 Å². The number of pyridine rings is 1. The van der Waals surface area contributed by atoms with E-state index in [0.717, 1.165) is 18.5 Å². The molecule has 116 valence electrons. The van der Waals surface area contributed by atoms with Crippen molar-refractivity contribution in [2.75, 3.05) is 6.61 Å². The average Bonchev–Trinajstić information content (AvgIpc) is 2.74. The Bertz CT molecular complexity index is 469. The first-order valence-corrected chi connectivity index (χ1v) is 7.68. The van der Waals surface area contributed by atoms with Crippen LogP contribution in [-0.2, 0) is 11.4 Å². The summed E-state index contributed by atoms with van der Waals surface area (Å²) in [6.07, 6.45) is 7.00. The highest BCUT2D eigenvalue weighted by molar-refractivity contribution is 5.77. The van der Waals surface area contributed by atoms with E-state index in [9.17, 15) is 9.90 Å². The number of hydrogen-bond acceptors (Lipinski definition) is 4. The van der Waals surface area contributed by atoms with Gasteiger partial charge in [0, 0.05) is 11.7 Å². The summed E-state index contributed by atoms with van der Waals surface area (Å²) in [5.41, 5.74) is 1.28. The largest absolute Gasteiger partial charge is 0.482 e. The molecule has 1 heterocycles. The van der Waals surface area contributed by atoms with Crippen LogP contribution in [0.5, 0.6) is 5.75 Å². The number of aryl methyl sites for hydroxylation is 1. The molecule has 0 aromatic carbocycles. The molecule has 0 bridgehead atoms. The molecule has 5 heteroatoms. The Morgan fingerprint density at radius 1 is 1.33 bits per heavy atom. The van der Waals surface area contributed by atoms with Crippen molar-refractivity contribution in [3.8, 4) is 5.75 Å². The smallest absolute Gasteiger partial charge is 0.258 e. The summed E-state index contributed by atoms with van der Waals surface area (Å²) in [7, 11) is 0. The minimum atomic E-state index is -0.193. The lowest BCUT2D eigenvalue weighted by Gasteiger charge is -2.16. The van der Waals surface area contributed by atoms with E-state index in [-0.39, 0.29) is 25.2 Å². The molecule has 1 aliphatic carbocycles. The highest BCUT2D eigenvalue weighted by Gasteiger charge is 2.15. The summed E-state index contributed by atoms with van der Waals surface area (Å²) < 4.78 is 5.48. The van der Waals surface area contributed by atoms with Crippen LogP contribution in [0.25, 0.3) is 0 Å². The third kappa shape index (κ3) is 5.01. The van der Waals surface area contributed by atoms with Crippen LogP contribution in [0.4, 0.5) is 0 Å². The predicted octanol–water partition coefficient (Wildman–Crippen LogP) is 2.10. The second kappa shape index (κ2) is 7.98. The molecule has 1 aliphatic rings. The Balaban J connectivity index is 1.83. The van der Waals surface area contributed by atoms with E-state index in [1.807, 2.05) is 6.92 Å². The lowest BCUT2D eigenvalue weighted by molar-refractivity contribution is -0.123. The molecule has 2 rings (SSSR count). The molecule has 1 amide bonds. The quantitative estimate of drug-likeness (QED) is 0.815. The van der Waals surface area contributed by atoms with Gasteiger partial charge < -0.3 is 15.2 Å². The Labute approximate surface area is 125 Å². The Morgan fingerprint density at radius 3 is 2.71 bits per heavy atom. The number of aromatic nitrogens is 1. The van der Waals surface area contributed by atoms with Crippen LogP contribution in [0.1, 0.15) is 49.9 Å². The van der Waals surface area contributed by atoms with E-state index in [0.29, 0.717) is 11.4 Å². The fourth-order valence-electron chi connectivity index (χ4n) is 2.68. The molecule has 5 nitrogen and oxygen atoms in total. The summed E-state index contributed by atoms with van der Waals surface area (Å²) in [5.74, 6) is 0.366. The van der Waals surface area contributed by atoms with Crippen molar-refractivity contribution in [3.05, 3.63) is 23.5 Å². The van der Waals surface area contributed by atoms with Gasteiger partial charge in [0.05, 0.1) is 6.61 Å². The van der Waals surface area contributed by atoms with Crippen LogP contribution in [0.15, 0.2) is 12.1 Å². The normalized spacial score (nSPS) is 16.3. The van der Waals surface area contributed by atoms with Crippen molar-refractivity contribution in [2.45, 2.75) is 58.1 Å². The van der Waals surface area contributed by atoms with Crippen LogP contribution in [0.2, 0.25) is 0 Å². The Morgan fingerprint density at radius 2 is 2.05 bits per heavy atom. The molecule has 1 fully saturated rings. The first-order chi connectivity index (χ1) is 10.2. The standard InChI is InChI=1S/C16H24N2O3/c1-12-8-9-15(14(10-19)17-12)21-11-16(20)18-13-6-4-2-3-5-7-13/h8-9,13,19H,2-7,10-11H2,1H3,(H,18,20). The van der Waals surface area contributed by atoms with E-state index >= 15 is 0 Å². The number of hydrogen-bond donors (Lipinski definition) is 2. The average molecular weight is 292 g/mol. The van der Waals surface area contributed by atoms with E-state index in [4.69, 9.17) is 4.74 Å². The summed E-state index contributed by atoms with van der Waals surface area (Å²) >= 11 is 0. The number of nitrogens with zero attached hydrogens (tertiary/aromatic N) is 1. The van der Waals surface area contributed by atoms with Gasteiger partial charge in [-0.3, -0.25) is 9.78 Å². The first kappa shape index (κ1) is 15.8. The Hall–Kier alpha value is -1.62. The van der Waals surface area contributed by atoms with Gasteiger partial charge in [-0.15, -0.1) is 0 Å². The van der Waals surface area contributed by atoms with Gasteiger partial charge in [0.1, 0.15) is 11.4 Å². The zero-order valence-corrected chi connectivity index (χ0v) is 12.6. The van der Waals surface area contributed by atoms with Crippen molar-refractivity contribution in [2.24, 2.45) is 0 Å². The molecular formula is C16H24N2O3. The summed E-state index contributed by atoms with van der Waals surface area (Å²) in [5, 5.41) is 12.3. The Kier molecular flexibility index (Phi) is 5.99. The second-order valence-corrected chi connectivity index (χ2v) is 5.60. The molecule has 1 aromatic heterocycles. The minimum absolute atomic E-state index is 0.0335. The third-order valence-corrected chi connectivity index (χ3v) is 3.80. The molecule has 1 saturated carbocycles. The maximum Gasteiger partial charge on any atom is 0.258 e. The number of amides is 1. The van der Waals surface area contributed by atoms with Crippen molar-refractivity contribution < 1.29 is 14.6 Å². The molecular weight excluding hydrogens is 268 g/mol. The molecule has 0 radical (unpaired) electrons. The van der Waals surface area contributed by atoms with Gasteiger partial charge >= 0.3 is 0 Å². The molecule has 0 atom stereocenters. The van der Waals surface area contributed by atoms with Crippen LogP contribution in [0.3, 0.4) is 0 Å². The summed E-state index contributed by atoms with van der Waals surface area (Å²) in [6, 6.07) is 3.82. The first-order valence-electron chi connectivity index (χ1n) is 7.68. The minimum Gasteiger partial charge on any atom is -0.482 e. The molecule has 21 heavy (non-hydrogen) atoms. The van der Waals surface area contributed by atoms with Crippen molar-refractivity contribution in [3.63, 3.8) is 0 Å². The van der Waals surface area contributed by atoms with Crippen molar-refractivity contribution in [1.29, 1.82) is 0 Å². The van der Waals surface area contributed by atoms with Gasteiger partial charge in [-0.1, -0.05) is 25.7 Å². The fraction of sp³-hybridized carbons (Fsp3) is 0.625. The third-order valence-electron chi connectivity index (χ3n) is 3.80. The van der Waals surface area contributed by atoms with Crippen molar-refractivity contribution in [1.82, 2.24) is 10.3 Å². The number of aliphatic hydroxyl groups is 1. The number of rotatable bonds is 5. The van der Waals surface area contributed by atoms with E-state index < -0.39 is 0 Å². The zero-order chi connectivity index (χ0) is 15.1. The van der Waals surface area contributed by atoms with Crippen LogP contribution in [-0.4, -0.2) is 28.6 Å². The summed E-state index contributed by atoms with van der Waals surface area (Å²) in [4.78, 5) is 16.1. The van der Waals surface area contributed by atoms with E-state index in [1.54, 1.807) is 12.1 Å². The summed E-state index contributed by atoms with van der Waals surface area (Å²) in [6.45, 7) is 1.62. The van der Waals surface area contributed by atoms with Gasteiger partial charge in [0.15, 0.2) is 6.61 Å². The molecule has 2 N–H and O–H groups in total. The van der Waals surface area contributed by atoms with Gasteiger partial charge in [-0.25, -0.2) is 0 Å². The number of aliphatic hydroxyl groups excluding tert-OH is 1. The van der Waals surface area contributed by atoms with Crippen molar-refractivity contribution >= 4 is 5.91 Å². The van der Waals surface area contributed by atoms with Crippen LogP contribution >= 0.6 is 0 Å². The van der Waals surface area contributed by atoms with E-state index in [2.05, 4.69) is 10.3 Å². The highest BCUT2D eigenvalue weighted by atomic mass is 16.5. The highest BCUT2D eigenvalue weighted by Crippen LogP contribution is 2.18. The number of nitrogens with one attached hydrogen (secondary N) is 1. The van der Waals surface area contributed by atoms with Gasteiger partial charge in [0.2, 0.25) is 0 Å². The molecule has 0 unspecified atom stereocenters. The monoisotopic (exact) mass is 292 g/mol. The van der Waals surface area contributed by atoms with Crippen LogP contribution in [0, 0.1) is 6.92 Å². The predicted molar refractivity (Wildman–Crippen MR) is 80.0 cm³/mol. The molecule has 0 aliphatic heterocycles. The lowest BCUT2D eigenvalue weighted by Crippen LogP contribution is -2.37. The maximum atomic E-state index is 11.9. The SMILES string of the molecule is Cc1ccc(OCC(=O)NC2CCCCCC2)c(CO)n1. The van der Waals surface area contributed by atoms with Gasteiger partial charge in [-0.05, 0) is 31.9 Å². The van der Waals surface area contributed by atoms with Crippen LogP contribution < -0.4 is 10.1 Å². The molecule has 0 saturated heterocycles. The van der Waals surface area contributed by atoms with Gasteiger partial charge in [-0.2, -0.15) is 0 Å². The fourth-order valence-corrected chi connectivity index (χ4v) is 2.68. The van der Waals surface area contributed by atoms with Gasteiger partial charge in [0.25, 0.3) is 5.91 Å².